The summed E-state index contributed by atoms with van der Waals surface area (Å²) >= 11 is 5.57. The second-order valence-electron chi connectivity index (χ2n) is 2.94. The fraction of sp³-hybridized carbons (Fsp3) is 0.375. The molecule has 1 aliphatic carbocycles. The normalized spacial score (nSPS) is 18.3. The lowest BCUT2D eigenvalue weighted by Gasteiger charge is -2.01. The van der Waals surface area contributed by atoms with E-state index in [1.807, 2.05) is 0 Å². The van der Waals surface area contributed by atoms with Gasteiger partial charge in [0.1, 0.15) is 5.41 Å². The van der Waals surface area contributed by atoms with Gasteiger partial charge in [-0.15, -0.1) is 5.10 Å². The molecule has 0 spiro atoms. The van der Waals surface area contributed by atoms with Crippen LogP contribution in [0.4, 0.5) is 0 Å². The highest BCUT2D eigenvalue weighted by molar-refractivity contribution is 6.29. The van der Waals surface area contributed by atoms with Gasteiger partial charge in [-0.1, -0.05) is 11.6 Å². The van der Waals surface area contributed by atoms with Crippen LogP contribution in [0.3, 0.4) is 0 Å². The van der Waals surface area contributed by atoms with E-state index in [0.717, 1.165) is 18.5 Å². The Balaban J connectivity index is 2.37. The van der Waals surface area contributed by atoms with Crippen molar-refractivity contribution in [1.82, 2.24) is 10.2 Å². The Labute approximate surface area is 75.0 Å². The number of nitriles is 1. The Morgan fingerprint density at radius 3 is 2.58 bits per heavy atom. The van der Waals surface area contributed by atoms with Crippen molar-refractivity contribution in [3.63, 3.8) is 0 Å². The van der Waals surface area contributed by atoms with Gasteiger partial charge in [-0.05, 0) is 25.0 Å². The maximum atomic E-state index is 8.83. The summed E-state index contributed by atoms with van der Waals surface area (Å²) in [6.45, 7) is 0. The van der Waals surface area contributed by atoms with Crippen molar-refractivity contribution in [3.05, 3.63) is 23.0 Å². The Morgan fingerprint density at radius 2 is 2.17 bits per heavy atom. The van der Waals surface area contributed by atoms with Crippen LogP contribution in [0.5, 0.6) is 0 Å². The van der Waals surface area contributed by atoms with Crippen LogP contribution in [0.2, 0.25) is 5.15 Å². The first kappa shape index (κ1) is 7.51. The lowest BCUT2D eigenvalue weighted by molar-refractivity contribution is 0.807. The fourth-order valence-electron chi connectivity index (χ4n) is 1.12. The minimum Gasteiger partial charge on any atom is -0.197 e. The van der Waals surface area contributed by atoms with Gasteiger partial charge in [0.25, 0.3) is 0 Å². The molecule has 12 heavy (non-hydrogen) atoms. The van der Waals surface area contributed by atoms with Gasteiger partial charge in [0.05, 0.1) is 11.8 Å². The highest BCUT2D eigenvalue weighted by Crippen LogP contribution is 2.46. The molecule has 1 saturated carbocycles. The summed E-state index contributed by atoms with van der Waals surface area (Å²) in [5.74, 6) is 0. The van der Waals surface area contributed by atoms with Gasteiger partial charge in [-0.25, -0.2) is 0 Å². The number of hydrogen-bond acceptors (Lipinski definition) is 3. The monoisotopic (exact) mass is 179 g/mol. The van der Waals surface area contributed by atoms with Crippen molar-refractivity contribution in [1.29, 1.82) is 5.26 Å². The molecule has 0 amide bonds. The minimum absolute atomic E-state index is 0.350. The van der Waals surface area contributed by atoms with E-state index < -0.39 is 0 Å². The second kappa shape index (κ2) is 2.43. The van der Waals surface area contributed by atoms with E-state index in [0.29, 0.717) is 5.15 Å². The molecule has 1 aromatic rings. The van der Waals surface area contributed by atoms with Crippen LogP contribution in [0.25, 0.3) is 0 Å². The Morgan fingerprint density at radius 1 is 1.42 bits per heavy atom. The molecule has 0 atom stereocenters. The Hall–Kier alpha value is -1.14. The molecule has 0 bridgehead atoms. The molecule has 0 N–H and O–H groups in total. The fourth-order valence-corrected chi connectivity index (χ4v) is 1.22. The smallest absolute Gasteiger partial charge is 0.151 e. The molecule has 60 valence electrons. The first-order chi connectivity index (χ1) is 5.77. The predicted molar refractivity (Wildman–Crippen MR) is 43.6 cm³/mol. The average Bonchev–Trinajstić information content (AvgIpc) is 2.86. The minimum atomic E-state index is -0.350. The topological polar surface area (TPSA) is 49.6 Å². The zero-order valence-electron chi connectivity index (χ0n) is 6.29. The van der Waals surface area contributed by atoms with Gasteiger partial charge >= 0.3 is 0 Å². The first-order valence-corrected chi connectivity index (χ1v) is 4.06. The molecule has 0 unspecified atom stereocenters. The SMILES string of the molecule is N#CC1(c2ccc(Cl)nn2)CC1. The molecule has 1 fully saturated rings. The van der Waals surface area contributed by atoms with Gasteiger partial charge in [0.15, 0.2) is 5.15 Å². The number of halogens is 1. The van der Waals surface area contributed by atoms with Crippen molar-refractivity contribution in [2.45, 2.75) is 18.3 Å². The lowest BCUT2D eigenvalue weighted by atomic mass is 10.1. The van der Waals surface area contributed by atoms with E-state index in [1.54, 1.807) is 12.1 Å². The van der Waals surface area contributed by atoms with Gasteiger partial charge in [0.2, 0.25) is 0 Å². The largest absolute Gasteiger partial charge is 0.197 e. The molecule has 1 aliphatic rings. The van der Waals surface area contributed by atoms with E-state index in [4.69, 9.17) is 16.9 Å². The predicted octanol–water partition coefficient (Wildman–Crippen LogP) is 1.69. The molecule has 4 heteroatoms. The van der Waals surface area contributed by atoms with Crippen LogP contribution in [0.15, 0.2) is 12.1 Å². The summed E-state index contributed by atoms with van der Waals surface area (Å²) in [5, 5.41) is 16.8. The maximum absolute atomic E-state index is 8.83. The van der Waals surface area contributed by atoms with Crippen LogP contribution in [-0.4, -0.2) is 10.2 Å². The van der Waals surface area contributed by atoms with Crippen molar-refractivity contribution in [2.75, 3.05) is 0 Å². The molecule has 3 nitrogen and oxygen atoms in total. The second-order valence-corrected chi connectivity index (χ2v) is 3.32. The molecule has 0 aliphatic heterocycles. The highest BCUT2D eigenvalue weighted by atomic mass is 35.5. The Bertz CT molecular complexity index is 334. The van der Waals surface area contributed by atoms with Crippen LogP contribution in [-0.2, 0) is 5.41 Å². The van der Waals surface area contributed by atoms with Gasteiger partial charge in [0, 0.05) is 0 Å². The summed E-state index contributed by atoms with van der Waals surface area (Å²) in [6.07, 6.45) is 1.78. The summed E-state index contributed by atoms with van der Waals surface area (Å²) < 4.78 is 0. The zero-order valence-corrected chi connectivity index (χ0v) is 7.04. The number of rotatable bonds is 1. The molecular formula is C8H6ClN3. The molecule has 0 radical (unpaired) electrons. The maximum Gasteiger partial charge on any atom is 0.151 e. The summed E-state index contributed by atoms with van der Waals surface area (Å²) in [4.78, 5) is 0. The van der Waals surface area contributed by atoms with E-state index in [2.05, 4.69) is 16.3 Å². The van der Waals surface area contributed by atoms with E-state index in [-0.39, 0.29) is 5.41 Å². The molecule has 1 aromatic heterocycles. The zero-order chi connectivity index (χ0) is 8.60. The summed E-state index contributed by atoms with van der Waals surface area (Å²) in [7, 11) is 0. The highest BCUT2D eigenvalue weighted by Gasteiger charge is 2.46. The van der Waals surface area contributed by atoms with Crippen LogP contribution in [0.1, 0.15) is 18.5 Å². The van der Waals surface area contributed by atoms with Crippen molar-refractivity contribution in [2.24, 2.45) is 0 Å². The summed E-state index contributed by atoms with van der Waals surface area (Å²) in [6, 6.07) is 5.68. The number of nitrogens with zero attached hydrogens (tertiary/aromatic N) is 3. The average molecular weight is 180 g/mol. The molecule has 0 saturated heterocycles. The van der Waals surface area contributed by atoms with Gasteiger partial charge in [-0.2, -0.15) is 10.4 Å². The standard InChI is InChI=1S/C8H6ClN3/c9-7-2-1-6(11-12-7)8(5-10)3-4-8/h1-2H,3-4H2. The quantitative estimate of drug-likeness (QED) is 0.659. The van der Waals surface area contributed by atoms with E-state index in [9.17, 15) is 0 Å². The molecule has 0 aromatic carbocycles. The third-order valence-electron chi connectivity index (χ3n) is 2.09. The van der Waals surface area contributed by atoms with E-state index >= 15 is 0 Å². The van der Waals surface area contributed by atoms with Crippen LogP contribution in [0, 0.1) is 11.3 Å². The first-order valence-electron chi connectivity index (χ1n) is 3.68. The number of aromatic nitrogens is 2. The van der Waals surface area contributed by atoms with Gasteiger partial charge in [-0.3, -0.25) is 0 Å². The Kier molecular flexibility index (Phi) is 1.52. The third-order valence-corrected chi connectivity index (χ3v) is 2.29. The van der Waals surface area contributed by atoms with Crippen molar-refractivity contribution in [3.8, 4) is 6.07 Å². The van der Waals surface area contributed by atoms with Crippen molar-refractivity contribution < 1.29 is 0 Å². The van der Waals surface area contributed by atoms with Gasteiger partial charge < -0.3 is 0 Å². The molecular weight excluding hydrogens is 174 g/mol. The van der Waals surface area contributed by atoms with Crippen molar-refractivity contribution >= 4 is 11.6 Å². The van der Waals surface area contributed by atoms with E-state index in [1.165, 1.54) is 0 Å². The van der Waals surface area contributed by atoms with Crippen LogP contribution >= 0.6 is 11.6 Å². The lowest BCUT2D eigenvalue weighted by Crippen LogP contribution is -2.06. The molecule has 2 rings (SSSR count). The molecule has 1 heterocycles. The number of hydrogen-bond donors (Lipinski definition) is 0. The summed E-state index contributed by atoms with van der Waals surface area (Å²) in [5.41, 5.74) is 0.395. The van der Waals surface area contributed by atoms with Crippen LogP contribution < -0.4 is 0 Å². The third kappa shape index (κ3) is 1.05.